The first-order valence-electron chi connectivity index (χ1n) is 10.4. The number of imidazole rings is 1. The van der Waals surface area contributed by atoms with Gasteiger partial charge in [-0.3, -0.25) is 9.47 Å². The maximum Gasteiger partial charge on any atom is 0.146 e. The number of morpholine rings is 1. The van der Waals surface area contributed by atoms with Gasteiger partial charge in [-0.2, -0.15) is 0 Å². The van der Waals surface area contributed by atoms with E-state index in [1.165, 1.54) is 10.4 Å². The molecule has 0 spiro atoms. The Labute approximate surface area is 185 Å². The minimum Gasteiger partial charge on any atom is -0.379 e. The third kappa shape index (κ3) is 4.30. The van der Waals surface area contributed by atoms with Crippen LogP contribution in [0.25, 0.3) is 16.0 Å². The van der Waals surface area contributed by atoms with Crippen LogP contribution in [0.1, 0.15) is 21.8 Å². The summed E-state index contributed by atoms with van der Waals surface area (Å²) in [4.78, 5) is 23.1. The van der Waals surface area contributed by atoms with E-state index < -0.39 is 0 Å². The predicted molar refractivity (Wildman–Crippen MR) is 122 cm³/mol. The maximum atomic E-state index is 5.47. The molecule has 1 aliphatic heterocycles. The number of anilines is 1. The first kappa shape index (κ1) is 20.0. The van der Waals surface area contributed by atoms with E-state index >= 15 is 0 Å². The number of nitrogens with one attached hydrogen (secondary N) is 1. The van der Waals surface area contributed by atoms with E-state index in [0.29, 0.717) is 6.54 Å². The molecule has 31 heavy (non-hydrogen) atoms. The van der Waals surface area contributed by atoms with Crippen LogP contribution < -0.4 is 5.32 Å². The maximum absolute atomic E-state index is 5.47. The van der Waals surface area contributed by atoms with Crippen LogP contribution in [0.15, 0.2) is 37.1 Å². The molecule has 160 valence electrons. The van der Waals surface area contributed by atoms with Crippen molar-refractivity contribution in [2.24, 2.45) is 0 Å². The number of hydrogen-bond donors (Lipinski definition) is 1. The van der Waals surface area contributed by atoms with Gasteiger partial charge >= 0.3 is 0 Å². The Kier molecular flexibility index (Phi) is 5.63. The van der Waals surface area contributed by atoms with Crippen LogP contribution in [0.2, 0.25) is 0 Å². The number of fused-ring (bicyclic) bond motifs is 1. The van der Waals surface area contributed by atoms with Gasteiger partial charge in [-0.25, -0.2) is 19.9 Å². The van der Waals surface area contributed by atoms with Crippen molar-refractivity contribution in [3.05, 3.63) is 58.9 Å². The minimum atomic E-state index is 0.647. The number of pyridine rings is 1. The largest absolute Gasteiger partial charge is 0.379 e. The Bertz CT molecular complexity index is 1170. The van der Waals surface area contributed by atoms with Crippen LogP contribution in [0.3, 0.4) is 0 Å². The average Bonchev–Trinajstić information content (AvgIpc) is 3.42. The van der Waals surface area contributed by atoms with Crippen molar-refractivity contribution < 1.29 is 4.74 Å². The standard InChI is InChI=1S/C22H25N7OS/c1-15-16(2)31-22-20(15)21(26-18(27-22)13-28-7-9-30-10-8-28)25-12-17-3-4-19(24-11-17)29-6-5-23-14-29/h3-6,11,14H,7-10,12-13H2,1-2H3,(H,25,26,27). The molecule has 8 nitrogen and oxygen atoms in total. The molecular weight excluding hydrogens is 410 g/mol. The average molecular weight is 436 g/mol. The summed E-state index contributed by atoms with van der Waals surface area (Å²) in [6.07, 6.45) is 7.27. The first-order chi connectivity index (χ1) is 15.2. The Hall–Kier alpha value is -2.88. The SMILES string of the molecule is Cc1sc2nc(CN3CCOCC3)nc(NCc3ccc(-n4ccnc4)nc3)c2c1C. The molecule has 5 rings (SSSR count). The summed E-state index contributed by atoms with van der Waals surface area (Å²) in [5, 5.41) is 4.66. The minimum absolute atomic E-state index is 0.647. The van der Waals surface area contributed by atoms with Crippen molar-refractivity contribution in [1.82, 2.24) is 29.4 Å². The third-order valence-electron chi connectivity index (χ3n) is 5.58. The number of aromatic nitrogens is 5. The Balaban J connectivity index is 1.38. The Morgan fingerprint density at radius 1 is 1.16 bits per heavy atom. The molecule has 5 heterocycles. The van der Waals surface area contributed by atoms with E-state index in [1.54, 1.807) is 23.9 Å². The number of thiophene rings is 1. The molecular formula is C22H25N7OS. The Morgan fingerprint density at radius 3 is 2.77 bits per heavy atom. The summed E-state index contributed by atoms with van der Waals surface area (Å²) in [7, 11) is 0. The number of ether oxygens (including phenoxy) is 1. The van der Waals surface area contributed by atoms with Crippen molar-refractivity contribution in [2.45, 2.75) is 26.9 Å². The molecule has 1 N–H and O–H groups in total. The van der Waals surface area contributed by atoms with E-state index in [2.05, 4.69) is 40.1 Å². The van der Waals surface area contributed by atoms with E-state index in [1.807, 2.05) is 23.0 Å². The molecule has 0 amide bonds. The predicted octanol–water partition coefficient (Wildman–Crippen LogP) is 3.33. The van der Waals surface area contributed by atoms with Gasteiger partial charge in [0.2, 0.25) is 0 Å². The van der Waals surface area contributed by atoms with Gasteiger partial charge in [-0.15, -0.1) is 11.3 Å². The van der Waals surface area contributed by atoms with Gasteiger partial charge in [0.1, 0.15) is 28.6 Å². The second-order valence-corrected chi connectivity index (χ2v) is 8.89. The van der Waals surface area contributed by atoms with E-state index in [0.717, 1.165) is 66.1 Å². The van der Waals surface area contributed by atoms with Gasteiger partial charge in [-0.1, -0.05) is 6.07 Å². The molecule has 1 saturated heterocycles. The lowest BCUT2D eigenvalue weighted by Crippen LogP contribution is -2.36. The molecule has 4 aromatic heterocycles. The van der Waals surface area contributed by atoms with Crippen LogP contribution in [-0.4, -0.2) is 55.7 Å². The van der Waals surface area contributed by atoms with Crippen LogP contribution in [0.4, 0.5) is 5.82 Å². The van der Waals surface area contributed by atoms with Gasteiger partial charge in [0.25, 0.3) is 0 Å². The van der Waals surface area contributed by atoms with Gasteiger partial charge in [0.05, 0.1) is 25.1 Å². The summed E-state index contributed by atoms with van der Waals surface area (Å²) in [5.41, 5.74) is 2.34. The number of rotatable bonds is 6. The first-order valence-corrected chi connectivity index (χ1v) is 11.2. The monoisotopic (exact) mass is 435 g/mol. The topological polar surface area (TPSA) is 81.0 Å². The molecule has 1 aliphatic rings. The van der Waals surface area contributed by atoms with Crippen molar-refractivity contribution in [1.29, 1.82) is 0 Å². The van der Waals surface area contributed by atoms with Gasteiger partial charge in [0, 0.05) is 43.1 Å². The molecule has 0 atom stereocenters. The number of hydrogen-bond acceptors (Lipinski definition) is 8. The second-order valence-electron chi connectivity index (χ2n) is 7.69. The quantitative estimate of drug-likeness (QED) is 0.497. The molecule has 4 aromatic rings. The normalized spacial score (nSPS) is 14.9. The highest BCUT2D eigenvalue weighted by Gasteiger charge is 2.17. The zero-order chi connectivity index (χ0) is 21.2. The molecule has 0 radical (unpaired) electrons. The summed E-state index contributed by atoms with van der Waals surface area (Å²) < 4.78 is 7.36. The van der Waals surface area contributed by atoms with E-state index in [4.69, 9.17) is 14.7 Å². The fourth-order valence-corrected chi connectivity index (χ4v) is 4.75. The fourth-order valence-electron chi connectivity index (χ4n) is 3.71. The lowest BCUT2D eigenvalue weighted by atomic mass is 10.2. The van der Waals surface area contributed by atoms with E-state index in [-0.39, 0.29) is 0 Å². The second kappa shape index (κ2) is 8.70. The van der Waals surface area contributed by atoms with Crippen LogP contribution in [-0.2, 0) is 17.8 Å². The summed E-state index contributed by atoms with van der Waals surface area (Å²) in [6, 6.07) is 4.08. The number of nitrogens with zero attached hydrogens (tertiary/aromatic N) is 6. The van der Waals surface area contributed by atoms with Crippen LogP contribution in [0.5, 0.6) is 0 Å². The Morgan fingerprint density at radius 2 is 2.03 bits per heavy atom. The summed E-state index contributed by atoms with van der Waals surface area (Å²) in [6.45, 7) is 9.06. The molecule has 0 bridgehead atoms. The van der Waals surface area contributed by atoms with Crippen LogP contribution >= 0.6 is 11.3 Å². The van der Waals surface area contributed by atoms with Gasteiger partial charge < -0.3 is 10.1 Å². The van der Waals surface area contributed by atoms with Gasteiger partial charge in [-0.05, 0) is 31.0 Å². The summed E-state index contributed by atoms with van der Waals surface area (Å²) >= 11 is 1.74. The van der Waals surface area contributed by atoms with Crippen LogP contribution in [0, 0.1) is 13.8 Å². The highest BCUT2D eigenvalue weighted by molar-refractivity contribution is 7.18. The zero-order valence-corrected chi connectivity index (χ0v) is 18.5. The fraction of sp³-hybridized carbons (Fsp3) is 0.364. The zero-order valence-electron chi connectivity index (χ0n) is 17.7. The molecule has 0 unspecified atom stereocenters. The van der Waals surface area contributed by atoms with E-state index in [9.17, 15) is 0 Å². The smallest absolute Gasteiger partial charge is 0.146 e. The third-order valence-corrected chi connectivity index (χ3v) is 6.68. The molecule has 0 saturated carbocycles. The van der Waals surface area contributed by atoms with Crippen molar-refractivity contribution >= 4 is 27.4 Å². The lowest BCUT2D eigenvalue weighted by Gasteiger charge is -2.25. The summed E-state index contributed by atoms with van der Waals surface area (Å²) in [5.74, 6) is 2.60. The van der Waals surface area contributed by atoms with Crippen molar-refractivity contribution in [3.8, 4) is 5.82 Å². The highest BCUT2D eigenvalue weighted by Crippen LogP contribution is 2.33. The van der Waals surface area contributed by atoms with Crippen molar-refractivity contribution in [3.63, 3.8) is 0 Å². The van der Waals surface area contributed by atoms with Gasteiger partial charge in [0.15, 0.2) is 0 Å². The molecule has 0 aliphatic carbocycles. The van der Waals surface area contributed by atoms with Crippen molar-refractivity contribution in [2.75, 3.05) is 31.6 Å². The number of aryl methyl sites for hydroxylation is 2. The molecule has 0 aromatic carbocycles. The molecule has 1 fully saturated rings. The lowest BCUT2D eigenvalue weighted by molar-refractivity contribution is 0.0331. The molecule has 9 heteroatoms. The highest BCUT2D eigenvalue weighted by atomic mass is 32.1.